The number of likely N-dealkylation sites (tertiary alicyclic amines) is 1. The van der Waals surface area contributed by atoms with Crippen molar-refractivity contribution in [1.82, 2.24) is 14.7 Å². The number of aromatic nitrogens is 2. The van der Waals surface area contributed by atoms with Crippen LogP contribution in [-0.4, -0.2) is 58.2 Å². The third kappa shape index (κ3) is 5.37. The minimum Gasteiger partial charge on any atom is -0.491 e. The Morgan fingerprint density at radius 1 is 0.909 bits per heavy atom. The van der Waals surface area contributed by atoms with Gasteiger partial charge in [0.15, 0.2) is 5.82 Å². The van der Waals surface area contributed by atoms with Crippen LogP contribution in [0.2, 0.25) is 0 Å². The topological polar surface area (TPSA) is 96.7 Å². The minimum absolute atomic E-state index is 0.101. The average Bonchev–Trinajstić information content (AvgIpc) is 3.43. The summed E-state index contributed by atoms with van der Waals surface area (Å²) in [4.78, 5) is 26.6. The molecule has 2 amide bonds. The maximum atomic E-state index is 13.6. The monoisotopic (exact) mass is 592 g/mol. The first-order chi connectivity index (χ1) is 21.5. The molecule has 1 aromatic heterocycles. The van der Waals surface area contributed by atoms with Crippen molar-refractivity contribution < 1.29 is 23.8 Å². The van der Waals surface area contributed by atoms with Gasteiger partial charge in [0.1, 0.15) is 24.6 Å². The number of carboxylic acid groups (broad SMARTS) is 1. The fourth-order valence-electron chi connectivity index (χ4n) is 6.18. The quantitative estimate of drug-likeness (QED) is 0.189. The fraction of sp³-hybridized carbons (Fsp3) is 0.229. The van der Waals surface area contributed by atoms with Crippen molar-refractivity contribution in [2.45, 2.75) is 18.4 Å². The zero-order valence-corrected chi connectivity index (χ0v) is 24.1. The van der Waals surface area contributed by atoms with E-state index in [1.165, 1.54) is 4.90 Å². The SMILES string of the molecule is O=C(Nc1nn(C(c2ccccc2)(c2ccccc2)c2ccccc2)c2ccc(OCCF)cc12)[C@@H]1CCCN(C(=O)O)C1. The molecule has 8 nitrogen and oxygen atoms in total. The van der Waals surface area contributed by atoms with E-state index in [4.69, 9.17) is 9.84 Å². The minimum atomic E-state index is -1.04. The van der Waals surface area contributed by atoms with Gasteiger partial charge in [-0.15, -0.1) is 0 Å². The zero-order chi connectivity index (χ0) is 30.5. The van der Waals surface area contributed by atoms with Crippen LogP contribution in [0.15, 0.2) is 109 Å². The molecule has 4 aromatic carbocycles. The van der Waals surface area contributed by atoms with Gasteiger partial charge >= 0.3 is 6.09 Å². The van der Waals surface area contributed by atoms with E-state index < -0.39 is 24.2 Å². The van der Waals surface area contributed by atoms with E-state index in [0.29, 0.717) is 36.3 Å². The number of hydrogen-bond donors (Lipinski definition) is 2. The summed E-state index contributed by atoms with van der Waals surface area (Å²) < 4.78 is 20.6. The summed E-state index contributed by atoms with van der Waals surface area (Å²) in [7, 11) is 0. The molecule has 0 saturated carbocycles. The van der Waals surface area contributed by atoms with Gasteiger partial charge in [-0.05, 0) is 47.7 Å². The highest BCUT2D eigenvalue weighted by molar-refractivity contribution is 6.01. The molecule has 1 saturated heterocycles. The Hall–Kier alpha value is -5.18. The van der Waals surface area contributed by atoms with Crippen LogP contribution in [0, 0.1) is 5.92 Å². The predicted molar refractivity (Wildman–Crippen MR) is 167 cm³/mol. The van der Waals surface area contributed by atoms with E-state index in [1.54, 1.807) is 12.1 Å². The van der Waals surface area contributed by atoms with Gasteiger partial charge in [-0.1, -0.05) is 91.0 Å². The van der Waals surface area contributed by atoms with Crippen LogP contribution >= 0.6 is 0 Å². The molecule has 2 heterocycles. The maximum absolute atomic E-state index is 13.6. The van der Waals surface area contributed by atoms with Gasteiger partial charge in [0.05, 0.1) is 11.4 Å². The zero-order valence-electron chi connectivity index (χ0n) is 24.1. The Labute approximate surface area is 254 Å². The summed E-state index contributed by atoms with van der Waals surface area (Å²) in [6.45, 7) is -0.218. The maximum Gasteiger partial charge on any atom is 0.407 e. The number of nitrogens with one attached hydrogen (secondary N) is 1. The van der Waals surface area contributed by atoms with E-state index >= 15 is 0 Å². The lowest BCUT2D eigenvalue weighted by Gasteiger charge is -2.37. The molecule has 2 N–H and O–H groups in total. The third-order valence-electron chi connectivity index (χ3n) is 8.19. The number of carbonyl (C=O) groups is 2. The lowest BCUT2D eigenvalue weighted by Crippen LogP contribution is -2.43. The summed E-state index contributed by atoms with van der Waals surface area (Å²) in [5.74, 6) is -0.0598. The molecule has 0 spiro atoms. The molecule has 0 unspecified atom stereocenters. The summed E-state index contributed by atoms with van der Waals surface area (Å²) in [5, 5.41) is 18.3. The number of amides is 2. The first-order valence-corrected chi connectivity index (χ1v) is 14.7. The molecule has 5 aromatic rings. The second-order valence-electron chi connectivity index (χ2n) is 10.8. The third-order valence-corrected chi connectivity index (χ3v) is 8.19. The number of hydrogen-bond acceptors (Lipinski definition) is 4. The van der Waals surface area contributed by atoms with Crippen LogP contribution in [-0.2, 0) is 10.3 Å². The van der Waals surface area contributed by atoms with E-state index in [2.05, 4.69) is 41.7 Å². The van der Waals surface area contributed by atoms with Crippen molar-refractivity contribution >= 4 is 28.7 Å². The van der Waals surface area contributed by atoms with Crippen molar-refractivity contribution in [1.29, 1.82) is 0 Å². The first kappa shape index (κ1) is 28.9. The van der Waals surface area contributed by atoms with Gasteiger partial charge < -0.3 is 20.1 Å². The van der Waals surface area contributed by atoms with Crippen LogP contribution in [0.25, 0.3) is 10.9 Å². The number of alkyl halides is 1. The Bertz CT molecular complexity index is 1650. The van der Waals surface area contributed by atoms with E-state index in [-0.39, 0.29) is 19.1 Å². The standard InChI is InChI=1S/C35H33FN4O4/c36-20-22-44-29-18-19-31-30(23-29)32(37-33(41)25-11-10-21-39(24-25)34(42)43)38-40(31)35(26-12-4-1-5-13-26,27-14-6-2-7-15-27)28-16-8-3-9-17-28/h1-9,12-19,23,25H,10-11,20-22,24H2,(H,42,43)(H,37,38,41)/t25-/m1/s1. The number of benzene rings is 4. The molecule has 1 atom stereocenters. The molecular formula is C35H33FN4O4. The second-order valence-corrected chi connectivity index (χ2v) is 10.8. The number of fused-ring (bicyclic) bond motifs is 1. The second kappa shape index (κ2) is 12.6. The van der Waals surface area contributed by atoms with Crippen molar-refractivity contribution in [2.75, 3.05) is 31.7 Å². The van der Waals surface area contributed by atoms with Crippen molar-refractivity contribution in [3.8, 4) is 5.75 Å². The normalized spacial score (nSPS) is 15.2. The molecule has 9 heteroatoms. The summed E-state index contributed by atoms with van der Waals surface area (Å²) in [5.41, 5.74) is 2.66. The van der Waals surface area contributed by atoms with E-state index in [9.17, 15) is 19.1 Å². The largest absolute Gasteiger partial charge is 0.491 e. The molecule has 1 aliphatic rings. The highest BCUT2D eigenvalue weighted by Gasteiger charge is 2.41. The van der Waals surface area contributed by atoms with Crippen LogP contribution in [0.5, 0.6) is 5.75 Å². The van der Waals surface area contributed by atoms with Crippen LogP contribution in [0.4, 0.5) is 15.0 Å². The first-order valence-electron chi connectivity index (χ1n) is 14.7. The highest BCUT2D eigenvalue weighted by Crippen LogP contribution is 2.44. The number of carbonyl (C=O) groups excluding carboxylic acids is 1. The van der Waals surface area contributed by atoms with Gasteiger partial charge in [0.25, 0.3) is 0 Å². The average molecular weight is 593 g/mol. The summed E-state index contributed by atoms with van der Waals surface area (Å²) in [6, 6.07) is 35.6. The number of piperidine rings is 1. The number of nitrogens with zero attached hydrogens (tertiary/aromatic N) is 3. The Morgan fingerprint density at radius 2 is 1.50 bits per heavy atom. The van der Waals surface area contributed by atoms with Crippen LogP contribution < -0.4 is 10.1 Å². The molecule has 0 bridgehead atoms. The molecule has 0 aliphatic carbocycles. The Morgan fingerprint density at radius 3 is 2.05 bits per heavy atom. The van der Waals surface area contributed by atoms with Gasteiger partial charge in [-0.3, -0.25) is 4.79 Å². The van der Waals surface area contributed by atoms with Crippen LogP contribution in [0.1, 0.15) is 29.5 Å². The van der Waals surface area contributed by atoms with Gasteiger partial charge in [0.2, 0.25) is 5.91 Å². The molecule has 44 heavy (non-hydrogen) atoms. The Kier molecular flexibility index (Phi) is 8.27. The van der Waals surface area contributed by atoms with Crippen LogP contribution in [0.3, 0.4) is 0 Å². The molecule has 1 fully saturated rings. The Balaban J connectivity index is 1.57. The molecule has 1 aliphatic heterocycles. The lowest BCUT2D eigenvalue weighted by atomic mass is 9.77. The smallest absolute Gasteiger partial charge is 0.407 e. The number of ether oxygens (including phenoxy) is 1. The van der Waals surface area contributed by atoms with Gasteiger partial charge in [0, 0.05) is 18.5 Å². The van der Waals surface area contributed by atoms with Crippen molar-refractivity contribution in [3.63, 3.8) is 0 Å². The lowest BCUT2D eigenvalue weighted by molar-refractivity contribution is -0.121. The number of rotatable bonds is 9. The fourth-order valence-corrected chi connectivity index (χ4v) is 6.18. The summed E-state index contributed by atoms with van der Waals surface area (Å²) >= 11 is 0. The highest BCUT2D eigenvalue weighted by atomic mass is 19.1. The predicted octanol–water partition coefficient (Wildman–Crippen LogP) is 6.55. The summed E-state index contributed by atoms with van der Waals surface area (Å²) in [6.07, 6.45) is 0.131. The number of anilines is 1. The van der Waals surface area contributed by atoms with Crippen molar-refractivity contribution in [2.24, 2.45) is 5.92 Å². The molecule has 224 valence electrons. The van der Waals surface area contributed by atoms with Crippen molar-refractivity contribution in [3.05, 3.63) is 126 Å². The van der Waals surface area contributed by atoms with E-state index in [1.807, 2.05) is 65.3 Å². The molecule has 0 radical (unpaired) electrons. The molecule has 6 rings (SSSR count). The molecular weight excluding hydrogens is 559 g/mol. The van der Waals surface area contributed by atoms with E-state index in [0.717, 1.165) is 22.2 Å². The van der Waals surface area contributed by atoms with Gasteiger partial charge in [-0.25, -0.2) is 13.9 Å². The van der Waals surface area contributed by atoms with Gasteiger partial charge in [-0.2, -0.15) is 5.10 Å². The number of halogens is 1.